The van der Waals surface area contributed by atoms with Gasteiger partial charge in [0, 0.05) is 11.6 Å². The van der Waals surface area contributed by atoms with Crippen LogP contribution in [-0.2, 0) is 4.79 Å². The van der Waals surface area contributed by atoms with Crippen molar-refractivity contribution in [1.82, 2.24) is 15.2 Å². The van der Waals surface area contributed by atoms with Crippen molar-refractivity contribution in [3.8, 4) is 22.9 Å². The fraction of sp³-hybridized carbons (Fsp3) is 0.118. The van der Waals surface area contributed by atoms with Crippen molar-refractivity contribution < 1.29 is 19.6 Å². The van der Waals surface area contributed by atoms with Gasteiger partial charge in [0.25, 0.3) is 0 Å². The molecule has 0 bridgehead atoms. The van der Waals surface area contributed by atoms with E-state index in [4.69, 9.17) is 9.84 Å². The summed E-state index contributed by atoms with van der Waals surface area (Å²) in [5, 5.41) is 28.2. The Morgan fingerprint density at radius 1 is 1.30 bits per heavy atom. The Balaban J connectivity index is 1.87. The van der Waals surface area contributed by atoms with Crippen molar-refractivity contribution >= 4 is 23.4 Å². The molecule has 27 heavy (non-hydrogen) atoms. The molecule has 3 rings (SSSR count). The summed E-state index contributed by atoms with van der Waals surface area (Å²) in [5.74, 6) is -0.246. The second-order valence-corrected chi connectivity index (χ2v) is 6.48. The van der Waals surface area contributed by atoms with Crippen LogP contribution in [0.15, 0.2) is 47.6 Å². The van der Waals surface area contributed by atoms with E-state index in [1.54, 1.807) is 24.3 Å². The summed E-state index contributed by atoms with van der Waals surface area (Å²) in [7, 11) is 0. The maximum atomic E-state index is 11.5. The highest BCUT2D eigenvalue weighted by Crippen LogP contribution is 2.34. The van der Waals surface area contributed by atoms with Crippen molar-refractivity contribution in [3.05, 3.63) is 58.1 Å². The number of carboxylic acids is 1. The Morgan fingerprint density at radius 3 is 2.81 bits per heavy atom. The van der Waals surface area contributed by atoms with Gasteiger partial charge >= 0.3 is 11.7 Å². The van der Waals surface area contributed by atoms with Crippen molar-refractivity contribution in [1.29, 1.82) is 0 Å². The van der Waals surface area contributed by atoms with Crippen molar-refractivity contribution in [2.45, 2.75) is 12.1 Å². The number of aryl methyl sites for hydroxylation is 1. The molecule has 10 heteroatoms. The summed E-state index contributed by atoms with van der Waals surface area (Å²) in [5.41, 5.74) is 1.19. The number of nitro groups is 1. The van der Waals surface area contributed by atoms with Gasteiger partial charge in [0.2, 0.25) is 5.75 Å². The first-order valence-electron chi connectivity index (χ1n) is 7.73. The summed E-state index contributed by atoms with van der Waals surface area (Å²) >= 11 is 0.974. The van der Waals surface area contributed by atoms with Gasteiger partial charge in [-0.3, -0.25) is 14.9 Å². The number of rotatable bonds is 7. The molecule has 0 fully saturated rings. The largest absolute Gasteiger partial charge is 0.481 e. The molecule has 138 valence electrons. The molecule has 0 unspecified atom stereocenters. The van der Waals surface area contributed by atoms with Crippen LogP contribution in [0, 0.1) is 17.0 Å². The smallest absolute Gasteiger partial charge is 0.313 e. The van der Waals surface area contributed by atoms with Crippen LogP contribution in [0.2, 0.25) is 0 Å². The van der Waals surface area contributed by atoms with Gasteiger partial charge < -0.3 is 14.8 Å². The van der Waals surface area contributed by atoms with Gasteiger partial charge in [0.1, 0.15) is 5.75 Å². The molecule has 3 aromatic rings. The molecule has 0 aliphatic carbocycles. The number of aliphatic carboxylic acids is 1. The molecule has 0 amide bonds. The van der Waals surface area contributed by atoms with Crippen LogP contribution in [0.5, 0.6) is 11.5 Å². The van der Waals surface area contributed by atoms with E-state index in [-0.39, 0.29) is 17.2 Å². The first-order chi connectivity index (χ1) is 12.9. The molecule has 0 aliphatic heterocycles. The molecule has 0 radical (unpaired) electrons. The molecule has 2 N–H and O–H groups in total. The van der Waals surface area contributed by atoms with Gasteiger partial charge in [0.15, 0.2) is 11.0 Å². The topological polar surface area (TPSA) is 131 Å². The molecule has 0 saturated carbocycles. The summed E-state index contributed by atoms with van der Waals surface area (Å²) < 4.78 is 5.66. The van der Waals surface area contributed by atoms with Gasteiger partial charge in [0.05, 0.1) is 10.7 Å². The van der Waals surface area contributed by atoms with Crippen LogP contribution in [0.25, 0.3) is 11.4 Å². The number of H-pyrrole nitrogens is 1. The summed E-state index contributed by atoms with van der Waals surface area (Å²) in [6, 6.07) is 11.6. The Kier molecular flexibility index (Phi) is 5.36. The molecular weight excluding hydrogens is 372 g/mol. The second kappa shape index (κ2) is 7.87. The average Bonchev–Trinajstić information content (AvgIpc) is 3.09. The van der Waals surface area contributed by atoms with Gasteiger partial charge in [-0.25, -0.2) is 0 Å². The summed E-state index contributed by atoms with van der Waals surface area (Å²) in [6.45, 7) is 1.90. The quantitative estimate of drug-likeness (QED) is 0.357. The normalized spacial score (nSPS) is 10.6. The molecule has 0 saturated heterocycles. The predicted octanol–water partition coefficient (Wildman–Crippen LogP) is 3.66. The van der Waals surface area contributed by atoms with E-state index in [1.807, 2.05) is 13.0 Å². The minimum atomic E-state index is -0.980. The zero-order valence-electron chi connectivity index (χ0n) is 14.1. The Labute approximate surface area is 157 Å². The van der Waals surface area contributed by atoms with Gasteiger partial charge in [-0.15, -0.1) is 10.2 Å². The number of aromatic amines is 1. The number of nitrogens with one attached hydrogen (secondary N) is 1. The minimum absolute atomic E-state index is 0.106. The summed E-state index contributed by atoms with van der Waals surface area (Å²) in [4.78, 5) is 24.4. The average molecular weight is 386 g/mol. The lowest BCUT2D eigenvalue weighted by molar-refractivity contribution is -0.385. The first-order valence-corrected chi connectivity index (χ1v) is 8.71. The number of ether oxygens (including phenoxy) is 1. The van der Waals surface area contributed by atoms with E-state index in [0.717, 1.165) is 17.3 Å². The van der Waals surface area contributed by atoms with E-state index in [1.165, 1.54) is 12.1 Å². The predicted molar refractivity (Wildman–Crippen MR) is 98.1 cm³/mol. The maximum Gasteiger partial charge on any atom is 0.313 e. The molecule has 0 aliphatic rings. The Bertz CT molecular complexity index is 1000. The van der Waals surface area contributed by atoms with E-state index < -0.39 is 10.9 Å². The van der Waals surface area contributed by atoms with E-state index >= 15 is 0 Å². The molecule has 0 atom stereocenters. The van der Waals surface area contributed by atoms with Gasteiger partial charge in [-0.05, 0) is 36.8 Å². The monoisotopic (exact) mass is 386 g/mol. The number of hydrogen-bond donors (Lipinski definition) is 2. The number of benzene rings is 2. The van der Waals surface area contributed by atoms with Crippen LogP contribution < -0.4 is 4.74 Å². The third-order valence-corrected chi connectivity index (χ3v) is 4.29. The lowest BCUT2D eigenvalue weighted by Gasteiger charge is -2.08. The molecule has 1 heterocycles. The SMILES string of the molecule is Cc1cccc(Oc2ccc(-c3nnc(SCC(=O)O)[nH]3)cc2[N+](=O)[O-])c1. The number of aromatic nitrogens is 3. The Morgan fingerprint density at radius 2 is 2.11 bits per heavy atom. The zero-order valence-corrected chi connectivity index (χ0v) is 14.9. The number of nitrogens with zero attached hydrogens (tertiary/aromatic N) is 3. The highest BCUT2D eigenvalue weighted by molar-refractivity contribution is 7.99. The van der Waals surface area contributed by atoms with Crippen LogP contribution in [-0.4, -0.2) is 36.9 Å². The van der Waals surface area contributed by atoms with Crippen LogP contribution in [0.1, 0.15) is 5.56 Å². The van der Waals surface area contributed by atoms with Crippen molar-refractivity contribution in [2.75, 3.05) is 5.75 Å². The molecule has 9 nitrogen and oxygen atoms in total. The lowest BCUT2D eigenvalue weighted by Crippen LogP contribution is -1.97. The highest BCUT2D eigenvalue weighted by atomic mass is 32.2. The standard InChI is InChI=1S/C17H14N4O5S/c1-10-3-2-4-12(7-10)26-14-6-5-11(8-13(14)21(24)25)16-18-17(20-19-16)27-9-15(22)23/h2-8H,9H2,1H3,(H,22,23)(H,18,19,20). The van der Waals surface area contributed by atoms with Crippen molar-refractivity contribution in [3.63, 3.8) is 0 Å². The molecular formula is C17H14N4O5S. The third-order valence-electron chi connectivity index (χ3n) is 3.44. The Hall–Kier alpha value is -3.40. The summed E-state index contributed by atoms with van der Waals surface area (Å²) in [6.07, 6.45) is 0. The van der Waals surface area contributed by atoms with Crippen LogP contribution in [0.3, 0.4) is 0 Å². The minimum Gasteiger partial charge on any atom is -0.481 e. The molecule has 1 aromatic heterocycles. The fourth-order valence-corrected chi connectivity index (χ4v) is 2.80. The maximum absolute atomic E-state index is 11.5. The van der Waals surface area contributed by atoms with Crippen LogP contribution >= 0.6 is 11.8 Å². The lowest BCUT2D eigenvalue weighted by atomic mass is 10.1. The van der Waals surface area contributed by atoms with E-state index in [9.17, 15) is 14.9 Å². The first kappa shape index (κ1) is 18.4. The van der Waals surface area contributed by atoms with Crippen molar-refractivity contribution in [2.24, 2.45) is 0 Å². The van der Waals surface area contributed by atoms with E-state index in [0.29, 0.717) is 22.3 Å². The number of hydrogen-bond acceptors (Lipinski definition) is 7. The van der Waals surface area contributed by atoms with Gasteiger partial charge in [-0.1, -0.05) is 23.9 Å². The van der Waals surface area contributed by atoms with Crippen LogP contribution in [0.4, 0.5) is 5.69 Å². The zero-order chi connectivity index (χ0) is 19.4. The number of carbonyl (C=O) groups is 1. The molecule has 2 aromatic carbocycles. The van der Waals surface area contributed by atoms with Gasteiger partial charge in [-0.2, -0.15) is 0 Å². The number of thioether (sulfide) groups is 1. The number of carboxylic acid groups (broad SMARTS) is 1. The highest BCUT2D eigenvalue weighted by Gasteiger charge is 2.19. The third kappa shape index (κ3) is 4.61. The van der Waals surface area contributed by atoms with E-state index in [2.05, 4.69) is 15.2 Å². The molecule has 0 spiro atoms. The number of nitro benzene ring substituents is 1. The second-order valence-electron chi connectivity index (χ2n) is 5.52. The fourth-order valence-electron chi connectivity index (χ4n) is 2.27.